The molecule has 0 aliphatic carbocycles. The van der Waals surface area contributed by atoms with Crippen LogP contribution in [0.25, 0.3) is 0 Å². The van der Waals surface area contributed by atoms with E-state index in [1.807, 2.05) is 31.2 Å². The van der Waals surface area contributed by atoms with E-state index in [1.165, 1.54) is 16.7 Å². The summed E-state index contributed by atoms with van der Waals surface area (Å²) in [5.41, 5.74) is 3.90. The molecule has 1 amide bonds. The van der Waals surface area contributed by atoms with Crippen LogP contribution in [0.4, 0.5) is 0 Å². The molecule has 0 atom stereocenters. The lowest BCUT2D eigenvalue weighted by Gasteiger charge is -2.31. The topological polar surface area (TPSA) is 41.6 Å². The van der Waals surface area contributed by atoms with Crippen LogP contribution in [0.1, 0.15) is 29.5 Å². The summed E-state index contributed by atoms with van der Waals surface area (Å²) in [7, 11) is 0. The lowest BCUT2D eigenvalue weighted by molar-refractivity contribution is -0.126. The van der Waals surface area contributed by atoms with Gasteiger partial charge >= 0.3 is 0 Å². The van der Waals surface area contributed by atoms with Crippen LogP contribution >= 0.6 is 0 Å². The number of ether oxygens (including phenoxy) is 1. The van der Waals surface area contributed by atoms with Gasteiger partial charge in [0.2, 0.25) is 5.91 Å². The molecule has 1 N–H and O–H groups in total. The van der Waals surface area contributed by atoms with E-state index in [1.54, 1.807) is 0 Å². The number of aryl methyl sites for hydroxylation is 2. The Hall–Kier alpha value is -2.33. The Bertz CT molecular complexity index is 752. The van der Waals surface area contributed by atoms with Gasteiger partial charge in [-0.15, -0.1) is 0 Å². The van der Waals surface area contributed by atoms with Crippen molar-refractivity contribution >= 4 is 5.91 Å². The van der Waals surface area contributed by atoms with E-state index >= 15 is 0 Å². The zero-order valence-electron chi connectivity index (χ0n) is 16.4. The fraction of sp³-hybridized carbons (Fsp3) is 0.435. The number of carbonyl (C=O) groups excluding carboxylic acids is 1. The maximum atomic E-state index is 12.4. The number of benzene rings is 2. The van der Waals surface area contributed by atoms with Crippen LogP contribution in [-0.2, 0) is 11.3 Å². The molecule has 1 aliphatic rings. The Kier molecular flexibility index (Phi) is 6.88. The molecule has 1 aliphatic heterocycles. The zero-order chi connectivity index (χ0) is 19.1. The van der Waals surface area contributed by atoms with Crippen LogP contribution in [0.2, 0.25) is 0 Å². The van der Waals surface area contributed by atoms with Crippen LogP contribution < -0.4 is 10.1 Å². The van der Waals surface area contributed by atoms with Crippen LogP contribution in [0.3, 0.4) is 0 Å². The summed E-state index contributed by atoms with van der Waals surface area (Å²) in [6.45, 7) is 8.19. The van der Waals surface area contributed by atoms with E-state index in [0.29, 0.717) is 13.2 Å². The summed E-state index contributed by atoms with van der Waals surface area (Å²) in [5, 5.41) is 3.03. The minimum atomic E-state index is 0.122. The summed E-state index contributed by atoms with van der Waals surface area (Å²) in [4.78, 5) is 14.8. The number of hydrogen-bond acceptors (Lipinski definition) is 3. The smallest absolute Gasteiger partial charge is 0.223 e. The number of amides is 1. The number of rotatable bonds is 7. The third-order valence-corrected chi connectivity index (χ3v) is 5.27. The van der Waals surface area contributed by atoms with Gasteiger partial charge in [-0.2, -0.15) is 0 Å². The largest absolute Gasteiger partial charge is 0.492 e. The summed E-state index contributed by atoms with van der Waals surface area (Å²) < 4.78 is 5.70. The third kappa shape index (κ3) is 5.83. The van der Waals surface area contributed by atoms with Gasteiger partial charge in [0.25, 0.3) is 0 Å². The maximum absolute atomic E-state index is 12.4. The molecule has 2 aromatic rings. The number of nitrogens with zero attached hydrogens (tertiary/aromatic N) is 1. The molecule has 27 heavy (non-hydrogen) atoms. The molecule has 2 aromatic carbocycles. The van der Waals surface area contributed by atoms with Gasteiger partial charge in [-0.25, -0.2) is 0 Å². The molecular weight excluding hydrogens is 336 g/mol. The lowest BCUT2D eigenvalue weighted by Crippen LogP contribution is -2.41. The van der Waals surface area contributed by atoms with Crippen molar-refractivity contribution in [2.45, 2.75) is 33.2 Å². The average Bonchev–Trinajstić information content (AvgIpc) is 2.67. The first kappa shape index (κ1) is 19.4. The molecule has 4 nitrogen and oxygen atoms in total. The van der Waals surface area contributed by atoms with Gasteiger partial charge in [-0.3, -0.25) is 9.69 Å². The second-order valence-electron chi connectivity index (χ2n) is 7.43. The van der Waals surface area contributed by atoms with E-state index in [9.17, 15) is 4.79 Å². The first-order chi connectivity index (χ1) is 13.1. The minimum absolute atomic E-state index is 0.122. The Morgan fingerprint density at radius 2 is 1.89 bits per heavy atom. The number of likely N-dealkylation sites (tertiary alicyclic amines) is 1. The van der Waals surface area contributed by atoms with Crippen molar-refractivity contribution in [3.8, 4) is 5.75 Å². The van der Waals surface area contributed by atoms with Gasteiger partial charge in [-0.1, -0.05) is 36.4 Å². The summed E-state index contributed by atoms with van der Waals surface area (Å²) in [5.74, 6) is 1.14. The standard InChI is InChI=1S/C23H30N2O2/c1-18-6-5-9-22(16-18)27-15-12-24-23(26)20-10-13-25(14-11-20)17-21-8-4-3-7-19(21)2/h3-9,16,20H,10-15,17H2,1-2H3,(H,24,26). The SMILES string of the molecule is Cc1cccc(OCCNC(=O)C2CCN(Cc3ccccc3C)CC2)c1. The zero-order valence-corrected chi connectivity index (χ0v) is 16.4. The van der Waals surface area contributed by atoms with Crippen molar-refractivity contribution < 1.29 is 9.53 Å². The molecule has 1 fully saturated rings. The van der Waals surface area contributed by atoms with Gasteiger partial charge in [0, 0.05) is 12.5 Å². The third-order valence-electron chi connectivity index (χ3n) is 5.27. The second-order valence-corrected chi connectivity index (χ2v) is 7.43. The van der Waals surface area contributed by atoms with Gasteiger partial charge in [0.15, 0.2) is 0 Å². The van der Waals surface area contributed by atoms with Gasteiger partial charge in [-0.05, 0) is 68.6 Å². The first-order valence-electron chi connectivity index (χ1n) is 9.86. The molecule has 0 unspecified atom stereocenters. The van der Waals surface area contributed by atoms with Gasteiger partial charge in [0.1, 0.15) is 12.4 Å². The molecule has 0 spiro atoms. The van der Waals surface area contributed by atoms with Crippen molar-refractivity contribution in [2.24, 2.45) is 5.92 Å². The normalized spacial score (nSPS) is 15.5. The van der Waals surface area contributed by atoms with Crippen molar-refractivity contribution in [1.29, 1.82) is 0 Å². The van der Waals surface area contributed by atoms with Crippen LogP contribution in [0.15, 0.2) is 48.5 Å². The van der Waals surface area contributed by atoms with Crippen molar-refractivity contribution in [3.63, 3.8) is 0 Å². The van der Waals surface area contributed by atoms with Crippen LogP contribution in [0, 0.1) is 19.8 Å². The predicted molar refractivity (Wildman–Crippen MR) is 109 cm³/mol. The number of nitrogens with one attached hydrogen (secondary N) is 1. The Morgan fingerprint density at radius 1 is 1.11 bits per heavy atom. The Morgan fingerprint density at radius 3 is 2.63 bits per heavy atom. The summed E-state index contributed by atoms with van der Waals surface area (Å²) in [6, 6.07) is 16.5. The molecule has 1 heterocycles. The molecule has 0 saturated carbocycles. The van der Waals surface area contributed by atoms with E-state index in [4.69, 9.17) is 4.74 Å². The van der Waals surface area contributed by atoms with E-state index < -0.39 is 0 Å². The van der Waals surface area contributed by atoms with Gasteiger partial charge < -0.3 is 10.1 Å². The number of carbonyl (C=O) groups is 1. The fourth-order valence-electron chi connectivity index (χ4n) is 3.57. The Balaban J connectivity index is 1.35. The van der Waals surface area contributed by atoms with Crippen LogP contribution in [0.5, 0.6) is 5.75 Å². The monoisotopic (exact) mass is 366 g/mol. The molecule has 0 bridgehead atoms. The molecule has 1 saturated heterocycles. The van der Waals surface area contributed by atoms with Crippen molar-refractivity contribution in [2.75, 3.05) is 26.2 Å². The Labute approximate surface area is 162 Å². The predicted octanol–water partition coefficient (Wildman–Crippen LogP) is 3.71. The fourth-order valence-corrected chi connectivity index (χ4v) is 3.57. The quantitative estimate of drug-likeness (QED) is 0.760. The molecule has 0 radical (unpaired) electrons. The van der Waals surface area contributed by atoms with E-state index in [0.717, 1.165) is 38.2 Å². The summed E-state index contributed by atoms with van der Waals surface area (Å²) >= 11 is 0. The van der Waals surface area contributed by atoms with Gasteiger partial charge in [0.05, 0.1) is 6.54 Å². The molecule has 3 rings (SSSR count). The molecule has 0 aromatic heterocycles. The first-order valence-corrected chi connectivity index (χ1v) is 9.86. The van der Waals surface area contributed by atoms with Crippen molar-refractivity contribution in [1.82, 2.24) is 10.2 Å². The maximum Gasteiger partial charge on any atom is 0.223 e. The summed E-state index contributed by atoms with van der Waals surface area (Å²) in [6.07, 6.45) is 1.85. The lowest BCUT2D eigenvalue weighted by atomic mass is 9.95. The number of hydrogen-bond donors (Lipinski definition) is 1. The number of piperidine rings is 1. The highest BCUT2D eigenvalue weighted by atomic mass is 16.5. The average molecular weight is 367 g/mol. The van der Waals surface area contributed by atoms with E-state index in [2.05, 4.69) is 41.4 Å². The molecular formula is C23H30N2O2. The molecule has 144 valence electrons. The van der Waals surface area contributed by atoms with Crippen molar-refractivity contribution in [3.05, 3.63) is 65.2 Å². The highest BCUT2D eigenvalue weighted by molar-refractivity contribution is 5.78. The molecule has 4 heteroatoms. The minimum Gasteiger partial charge on any atom is -0.492 e. The highest BCUT2D eigenvalue weighted by Crippen LogP contribution is 2.20. The van der Waals surface area contributed by atoms with Crippen LogP contribution in [-0.4, -0.2) is 37.0 Å². The second kappa shape index (κ2) is 9.56. The van der Waals surface area contributed by atoms with E-state index in [-0.39, 0.29) is 11.8 Å². The highest BCUT2D eigenvalue weighted by Gasteiger charge is 2.24.